The van der Waals surface area contributed by atoms with Gasteiger partial charge in [-0.3, -0.25) is 0 Å². The van der Waals surface area contributed by atoms with Crippen LogP contribution in [-0.2, 0) is 14.9 Å². The number of hydrogen-bond acceptors (Lipinski definition) is 4. The fraction of sp³-hybridized carbons (Fsp3) is 0.632. The van der Waals surface area contributed by atoms with Gasteiger partial charge in [0.2, 0.25) is 0 Å². The Labute approximate surface area is 141 Å². The molecule has 0 radical (unpaired) electrons. The van der Waals surface area contributed by atoms with Crippen molar-refractivity contribution in [3.63, 3.8) is 0 Å². The molecule has 2 heterocycles. The molecule has 0 amide bonds. The fourth-order valence-electron chi connectivity index (χ4n) is 4.94. The minimum Gasteiger partial charge on any atom is -0.493 e. The SMILES string of the molecule is CCC12CCC3(CC1CCOc1cc(C(=O)O)ccc12)OCCO3. The first kappa shape index (κ1) is 15.9. The number of carboxylic acids is 1. The zero-order valence-electron chi connectivity index (χ0n) is 14.0. The van der Waals surface area contributed by atoms with Gasteiger partial charge >= 0.3 is 5.97 Å². The lowest BCUT2D eigenvalue weighted by atomic mass is 9.59. The Balaban J connectivity index is 1.74. The minimum absolute atomic E-state index is 0.0173. The van der Waals surface area contributed by atoms with Crippen LogP contribution in [0.2, 0.25) is 0 Å². The van der Waals surface area contributed by atoms with Crippen LogP contribution in [-0.4, -0.2) is 36.7 Å². The Morgan fingerprint density at radius 1 is 1.25 bits per heavy atom. The Bertz CT molecular complexity index is 649. The summed E-state index contributed by atoms with van der Waals surface area (Å²) in [7, 11) is 0. The summed E-state index contributed by atoms with van der Waals surface area (Å²) in [6.45, 7) is 4.20. The number of rotatable bonds is 2. The monoisotopic (exact) mass is 332 g/mol. The van der Waals surface area contributed by atoms with Crippen molar-refractivity contribution < 1.29 is 24.1 Å². The van der Waals surface area contributed by atoms with Crippen LogP contribution in [0.1, 0.15) is 54.9 Å². The molecule has 0 bridgehead atoms. The smallest absolute Gasteiger partial charge is 0.335 e. The molecular formula is C19H24O5. The fourth-order valence-corrected chi connectivity index (χ4v) is 4.94. The standard InChI is InChI=1S/C19H24O5/c1-2-18-6-7-19(23-9-10-24-19)12-14(18)5-8-22-16-11-13(17(20)21)3-4-15(16)18/h3-4,11,14H,2,5-10,12H2,1H3,(H,20,21). The molecule has 1 saturated carbocycles. The molecule has 2 fully saturated rings. The van der Waals surface area contributed by atoms with E-state index in [0.717, 1.165) is 43.4 Å². The molecular weight excluding hydrogens is 308 g/mol. The molecule has 1 N–H and O–H groups in total. The molecule has 1 aliphatic carbocycles. The van der Waals surface area contributed by atoms with E-state index >= 15 is 0 Å². The molecule has 130 valence electrons. The van der Waals surface area contributed by atoms with Gasteiger partial charge in [-0.05, 0) is 37.3 Å². The number of aromatic carboxylic acids is 1. The molecule has 2 aliphatic heterocycles. The van der Waals surface area contributed by atoms with E-state index < -0.39 is 11.8 Å². The number of fused-ring (bicyclic) bond motifs is 3. The molecule has 4 rings (SSSR count). The second-order valence-corrected chi connectivity index (χ2v) is 7.17. The van der Waals surface area contributed by atoms with E-state index in [1.807, 2.05) is 6.07 Å². The summed E-state index contributed by atoms with van der Waals surface area (Å²) in [5, 5.41) is 9.26. The maximum absolute atomic E-state index is 11.3. The highest BCUT2D eigenvalue weighted by Crippen LogP contribution is 2.55. The quantitative estimate of drug-likeness (QED) is 0.899. The molecule has 0 aromatic heterocycles. The highest BCUT2D eigenvalue weighted by atomic mass is 16.7. The highest BCUT2D eigenvalue weighted by Gasteiger charge is 2.53. The van der Waals surface area contributed by atoms with E-state index in [-0.39, 0.29) is 11.0 Å². The molecule has 1 aromatic carbocycles. The Morgan fingerprint density at radius 2 is 2.04 bits per heavy atom. The van der Waals surface area contributed by atoms with Crippen LogP contribution in [0.3, 0.4) is 0 Å². The molecule has 24 heavy (non-hydrogen) atoms. The third kappa shape index (κ3) is 2.33. The largest absolute Gasteiger partial charge is 0.493 e. The normalized spacial score (nSPS) is 31.0. The van der Waals surface area contributed by atoms with Gasteiger partial charge in [0, 0.05) is 23.8 Å². The molecule has 1 aromatic rings. The Morgan fingerprint density at radius 3 is 2.75 bits per heavy atom. The van der Waals surface area contributed by atoms with Gasteiger partial charge in [-0.15, -0.1) is 0 Å². The van der Waals surface area contributed by atoms with Crippen molar-refractivity contribution in [2.24, 2.45) is 5.92 Å². The maximum Gasteiger partial charge on any atom is 0.335 e. The number of carboxylic acid groups (broad SMARTS) is 1. The lowest BCUT2D eigenvalue weighted by molar-refractivity contribution is -0.199. The van der Waals surface area contributed by atoms with Crippen LogP contribution in [0.25, 0.3) is 0 Å². The zero-order chi connectivity index (χ0) is 16.8. The summed E-state index contributed by atoms with van der Waals surface area (Å²) < 4.78 is 17.9. The lowest BCUT2D eigenvalue weighted by Crippen LogP contribution is -2.48. The second-order valence-electron chi connectivity index (χ2n) is 7.17. The van der Waals surface area contributed by atoms with Gasteiger partial charge in [-0.25, -0.2) is 4.79 Å². The van der Waals surface area contributed by atoms with E-state index in [9.17, 15) is 9.90 Å². The van der Waals surface area contributed by atoms with Gasteiger partial charge in [0.1, 0.15) is 5.75 Å². The first-order valence-corrected chi connectivity index (χ1v) is 8.87. The highest BCUT2D eigenvalue weighted by molar-refractivity contribution is 5.88. The van der Waals surface area contributed by atoms with Crippen LogP contribution in [0.15, 0.2) is 18.2 Å². The predicted octanol–water partition coefficient (Wildman–Crippen LogP) is 3.36. The van der Waals surface area contributed by atoms with Crippen molar-refractivity contribution in [2.45, 2.75) is 50.2 Å². The topological polar surface area (TPSA) is 65.0 Å². The molecule has 5 nitrogen and oxygen atoms in total. The van der Waals surface area contributed by atoms with Gasteiger partial charge < -0.3 is 19.3 Å². The van der Waals surface area contributed by atoms with Crippen molar-refractivity contribution >= 4 is 5.97 Å². The summed E-state index contributed by atoms with van der Waals surface area (Å²) in [6.07, 6.45) is 4.72. The predicted molar refractivity (Wildman–Crippen MR) is 87.5 cm³/mol. The van der Waals surface area contributed by atoms with Crippen LogP contribution < -0.4 is 4.74 Å². The van der Waals surface area contributed by atoms with Gasteiger partial charge in [0.15, 0.2) is 5.79 Å². The lowest BCUT2D eigenvalue weighted by Gasteiger charge is -2.49. The van der Waals surface area contributed by atoms with Crippen LogP contribution >= 0.6 is 0 Å². The summed E-state index contributed by atoms with van der Waals surface area (Å²) in [6, 6.07) is 5.36. The molecule has 2 unspecified atom stereocenters. The third-order valence-corrected chi connectivity index (χ3v) is 6.22. The van der Waals surface area contributed by atoms with E-state index in [4.69, 9.17) is 14.2 Å². The molecule has 5 heteroatoms. The average molecular weight is 332 g/mol. The first-order valence-electron chi connectivity index (χ1n) is 8.87. The van der Waals surface area contributed by atoms with Crippen LogP contribution in [0.4, 0.5) is 0 Å². The van der Waals surface area contributed by atoms with E-state index in [0.29, 0.717) is 25.7 Å². The van der Waals surface area contributed by atoms with E-state index in [1.165, 1.54) is 0 Å². The van der Waals surface area contributed by atoms with Gasteiger partial charge in [0.05, 0.1) is 25.4 Å². The van der Waals surface area contributed by atoms with E-state index in [2.05, 4.69) is 6.92 Å². The van der Waals surface area contributed by atoms with E-state index in [1.54, 1.807) is 12.1 Å². The Kier molecular flexibility index (Phi) is 3.81. The van der Waals surface area contributed by atoms with Crippen molar-refractivity contribution in [2.75, 3.05) is 19.8 Å². The van der Waals surface area contributed by atoms with Crippen molar-refractivity contribution in [3.05, 3.63) is 29.3 Å². The zero-order valence-corrected chi connectivity index (χ0v) is 14.0. The van der Waals surface area contributed by atoms with Gasteiger partial charge in [0.25, 0.3) is 0 Å². The average Bonchev–Trinajstić information content (AvgIpc) is 2.97. The first-order chi connectivity index (χ1) is 11.6. The van der Waals surface area contributed by atoms with Crippen LogP contribution in [0, 0.1) is 5.92 Å². The van der Waals surface area contributed by atoms with Gasteiger partial charge in [-0.1, -0.05) is 13.0 Å². The van der Waals surface area contributed by atoms with Crippen molar-refractivity contribution in [1.29, 1.82) is 0 Å². The molecule has 1 spiro atoms. The minimum atomic E-state index is -0.914. The van der Waals surface area contributed by atoms with Crippen LogP contribution in [0.5, 0.6) is 5.75 Å². The Hall–Kier alpha value is -1.59. The van der Waals surface area contributed by atoms with Crippen molar-refractivity contribution in [3.8, 4) is 5.75 Å². The molecule has 2 atom stereocenters. The second kappa shape index (κ2) is 5.74. The number of ether oxygens (including phenoxy) is 3. The number of carbonyl (C=O) groups is 1. The van der Waals surface area contributed by atoms with Gasteiger partial charge in [-0.2, -0.15) is 0 Å². The number of benzene rings is 1. The summed E-state index contributed by atoms with van der Waals surface area (Å²) >= 11 is 0. The third-order valence-electron chi connectivity index (χ3n) is 6.22. The molecule has 3 aliphatic rings. The summed E-state index contributed by atoms with van der Waals surface area (Å²) in [5.41, 5.74) is 1.46. The van der Waals surface area contributed by atoms with Crippen molar-refractivity contribution in [1.82, 2.24) is 0 Å². The summed E-state index contributed by atoms with van der Waals surface area (Å²) in [4.78, 5) is 11.3. The number of hydrogen-bond donors (Lipinski definition) is 1. The summed E-state index contributed by atoms with van der Waals surface area (Å²) in [5.74, 6) is -0.160. The maximum atomic E-state index is 11.3. The molecule has 1 saturated heterocycles.